The molecule has 0 saturated carbocycles. The zero-order valence-corrected chi connectivity index (χ0v) is 26.8. The van der Waals surface area contributed by atoms with Crippen LogP contribution in [0.2, 0.25) is 0 Å². The summed E-state index contributed by atoms with van der Waals surface area (Å²) < 4.78 is 13.5. The summed E-state index contributed by atoms with van der Waals surface area (Å²) in [5.41, 5.74) is 15.6. The smallest absolute Gasteiger partial charge is 0.152 e. The second-order valence-electron chi connectivity index (χ2n) is 10.5. The molecule has 6 heteroatoms. The van der Waals surface area contributed by atoms with Gasteiger partial charge in [-0.2, -0.15) is 0 Å². The van der Waals surface area contributed by atoms with E-state index in [4.69, 9.17) is 0 Å². The molecule has 0 aliphatic carbocycles. The van der Waals surface area contributed by atoms with Gasteiger partial charge < -0.3 is 16.0 Å². The Bertz CT molecular complexity index is 1800. The Labute approximate surface area is 266 Å². The number of imidazole rings is 1. The predicted octanol–water partition coefficient (Wildman–Crippen LogP) is 9.53. The number of carbonyl (C=O) groups is 1. The van der Waals surface area contributed by atoms with E-state index >= 15 is 0 Å². The molecule has 0 radical (unpaired) electrons. The SMILES string of the molecule is C=C(/C=C\C=C/C)CCNc1cc(C)ccc1C=O.CN.Cc1ccccc1-c1c(C)cccc1-c1nc2ccc(F)cc2[nH]1. The van der Waals surface area contributed by atoms with Gasteiger partial charge in [0.1, 0.15) is 11.6 Å². The summed E-state index contributed by atoms with van der Waals surface area (Å²) in [6.07, 6.45) is 9.65. The fourth-order valence-electron chi connectivity index (χ4n) is 4.86. The summed E-state index contributed by atoms with van der Waals surface area (Å²) in [7, 11) is 1.50. The van der Waals surface area contributed by atoms with Crippen LogP contribution in [0.4, 0.5) is 10.1 Å². The van der Waals surface area contributed by atoms with Crippen molar-refractivity contribution in [2.45, 2.75) is 34.1 Å². The summed E-state index contributed by atoms with van der Waals surface area (Å²) in [6, 6.07) is 24.9. The van der Waals surface area contributed by atoms with E-state index in [-0.39, 0.29) is 5.82 Å². The Morgan fingerprint density at radius 3 is 2.40 bits per heavy atom. The lowest BCUT2D eigenvalue weighted by molar-refractivity contribution is 0.112. The lowest BCUT2D eigenvalue weighted by atomic mass is 9.92. The number of allylic oxidation sites excluding steroid dienone is 4. The van der Waals surface area contributed by atoms with Crippen molar-refractivity contribution in [2.24, 2.45) is 5.73 Å². The number of fused-ring (bicyclic) bond motifs is 1. The molecule has 0 unspecified atom stereocenters. The van der Waals surface area contributed by atoms with Crippen molar-refractivity contribution in [1.29, 1.82) is 0 Å². The average Bonchev–Trinajstić information content (AvgIpc) is 3.46. The van der Waals surface area contributed by atoms with Gasteiger partial charge in [-0.05, 0) is 99.3 Å². The monoisotopic (exact) mass is 602 g/mol. The first-order valence-corrected chi connectivity index (χ1v) is 15.0. The van der Waals surface area contributed by atoms with Crippen LogP contribution in [0.5, 0.6) is 0 Å². The number of carbonyl (C=O) groups excluding carboxylic acids is 1. The number of aromatic nitrogens is 2. The first-order valence-electron chi connectivity index (χ1n) is 15.0. The molecule has 0 amide bonds. The molecule has 4 aromatic carbocycles. The van der Waals surface area contributed by atoms with Gasteiger partial charge >= 0.3 is 0 Å². The van der Waals surface area contributed by atoms with Gasteiger partial charge in [-0.1, -0.05) is 85.0 Å². The Kier molecular flexibility index (Phi) is 13.2. The zero-order chi connectivity index (χ0) is 32.8. The van der Waals surface area contributed by atoms with Crippen molar-refractivity contribution >= 4 is 23.0 Å². The summed E-state index contributed by atoms with van der Waals surface area (Å²) in [4.78, 5) is 18.9. The van der Waals surface area contributed by atoms with Gasteiger partial charge in [0.2, 0.25) is 0 Å². The molecule has 45 heavy (non-hydrogen) atoms. The first kappa shape index (κ1) is 34.4. The van der Waals surface area contributed by atoms with Crippen LogP contribution in [0, 0.1) is 26.6 Å². The molecule has 0 aliphatic rings. The van der Waals surface area contributed by atoms with Crippen LogP contribution in [0.1, 0.15) is 40.4 Å². The number of nitrogens with one attached hydrogen (secondary N) is 2. The van der Waals surface area contributed by atoms with E-state index in [1.165, 1.54) is 35.9 Å². The molecule has 1 aromatic heterocycles. The molecular weight excluding hydrogens is 559 g/mol. The second-order valence-corrected chi connectivity index (χ2v) is 10.5. The molecule has 0 saturated heterocycles. The zero-order valence-electron chi connectivity index (χ0n) is 26.8. The van der Waals surface area contributed by atoms with Crippen molar-refractivity contribution in [3.05, 3.63) is 143 Å². The van der Waals surface area contributed by atoms with Crippen molar-refractivity contribution in [2.75, 3.05) is 18.9 Å². The Morgan fingerprint density at radius 1 is 0.933 bits per heavy atom. The average molecular weight is 603 g/mol. The van der Waals surface area contributed by atoms with Crippen molar-refractivity contribution < 1.29 is 9.18 Å². The standard InChI is InChI=1S/C21H17FN2.C17H21NO.CH5N/c1-13-6-3-4-8-16(13)20-14(2)7-5-9-17(20)21-23-18-11-10-15(22)12-19(18)24-21;1-4-5-6-7-14(2)10-11-18-17-12-15(3)8-9-16(17)13-19;1-2/h3-12H,1-2H3,(H,23,24);4-9,12-13,18H,2,10-11H2,1,3H3;2H2,1H3/b;5-4-,7-6-;. The lowest BCUT2D eigenvalue weighted by Crippen LogP contribution is -2.04. The fraction of sp³-hybridized carbons (Fsp3) is 0.179. The third kappa shape index (κ3) is 9.46. The predicted molar refractivity (Wildman–Crippen MR) is 189 cm³/mol. The normalized spacial score (nSPS) is 10.7. The van der Waals surface area contributed by atoms with E-state index in [9.17, 15) is 9.18 Å². The second kappa shape index (κ2) is 17.3. The molecule has 4 N–H and O–H groups in total. The molecule has 0 spiro atoms. The van der Waals surface area contributed by atoms with Crippen LogP contribution in [0.3, 0.4) is 0 Å². The number of nitrogens with zero attached hydrogens (tertiary/aromatic N) is 1. The van der Waals surface area contributed by atoms with E-state index in [1.54, 1.807) is 6.07 Å². The maximum Gasteiger partial charge on any atom is 0.152 e. The molecule has 232 valence electrons. The highest BCUT2D eigenvalue weighted by Gasteiger charge is 2.15. The van der Waals surface area contributed by atoms with E-state index in [0.29, 0.717) is 11.1 Å². The van der Waals surface area contributed by atoms with Crippen LogP contribution in [0.25, 0.3) is 33.5 Å². The van der Waals surface area contributed by atoms with Gasteiger partial charge in [0.25, 0.3) is 0 Å². The number of benzene rings is 4. The highest BCUT2D eigenvalue weighted by molar-refractivity contribution is 5.88. The quantitative estimate of drug-likeness (QED) is 0.116. The number of hydrogen-bond acceptors (Lipinski definition) is 4. The molecule has 5 aromatic rings. The summed E-state index contributed by atoms with van der Waals surface area (Å²) in [5.74, 6) is 0.499. The van der Waals surface area contributed by atoms with Crippen LogP contribution >= 0.6 is 0 Å². The van der Waals surface area contributed by atoms with Crippen LogP contribution in [-0.2, 0) is 0 Å². The number of aldehydes is 1. The van der Waals surface area contributed by atoms with E-state index in [0.717, 1.165) is 58.5 Å². The first-order chi connectivity index (χ1) is 21.8. The maximum atomic E-state index is 13.5. The third-order valence-corrected chi connectivity index (χ3v) is 7.12. The van der Waals surface area contributed by atoms with Crippen molar-refractivity contribution in [3.8, 4) is 22.5 Å². The number of hydrogen-bond donors (Lipinski definition) is 3. The van der Waals surface area contributed by atoms with E-state index in [2.05, 4.69) is 65.7 Å². The molecule has 5 rings (SSSR count). The van der Waals surface area contributed by atoms with Crippen LogP contribution < -0.4 is 11.1 Å². The van der Waals surface area contributed by atoms with Gasteiger partial charge in [0, 0.05) is 23.4 Å². The van der Waals surface area contributed by atoms with Crippen LogP contribution in [0.15, 0.2) is 115 Å². The van der Waals surface area contributed by atoms with Crippen LogP contribution in [-0.4, -0.2) is 29.8 Å². The summed E-state index contributed by atoms with van der Waals surface area (Å²) >= 11 is 0. The number of nitrogens with two attached hydrogens (primary N) is 1. The Morgan fingerprint density at radius 2 is 1.67 bits per heavy atom. The number of aryl methyl sites for hydroxylation is 3. The maximum absolute atomic E-state index is 13.5. The largest absolute Gasteiger partial charge is 0.384 e. The molecular formula is C39H43FN4O. The molecule has 0 aliphatic heterocycles. The number of H-pyrrole nitrogens is 1. The fourth-order valence-corrected chi connectivity index (χ4v) is 4.86. The van der Waals surface area contributed by atoms with Gasteiger partial charge in [-0.15, -0.1) is 0 Å². The van der Waals surface area contributed by atoms with Crippen molar-refractivity contribution in [1.82, 2.24) is 9.97 Å². The summed E-state index contributed by atoms with van der Waals surface area (Å²) in [5, 5.41) is 3.28. The van der Waals surface area contributed by atoms with Gasteiger partial charge in [0.05, 0.1) is 11.0 Å². The molecule has 1 heterocycles. The minimum absolute atomic E-state index is 0.263. The Hall–Kier alpha value is -5.07. The van der Waals surface area contributed by atoms with Gasteiger partial charge in [0.15, 0.2) is 6.29 Å². The Balaban J connectivity index is 0.000000240. The number of aromatic amines is 1. The third-order valence-electron chi connectivity index (χ3n) is 7.12. The highest BCUT2D eigenvalue weighted by Crippen LogP contribution is 2.36. The van der Waals surface area contributed by atoms with E-state index in [1.807, 2.05) is 74.5 Å². The topological polar surface area (TPSA) is 83.8 Å². The minimum Gasteiger partial charge on any atom is -0.384 e. The van der Waals surface area contributed by atoms with Gasteiger partial charge in [-0.3, -0.25) is 4.79 Å². The molecule has 0 atom stereocenters. The summed E-state index contributed by atoms with van der Waals surface area (Å²) in [6.45, 7) is 13.0. The molecule has 5 nitrogen and oxygen atoms in total. The molecule has 0 fully saturated rings. The van der Waals surface area contributed by atoms with E-state index < -0.39 is 0 Å². The minimum atomic E-state index is -0.263. The number of rotatable bonds is 9. The molecule has 0 bridgehead atoms. The highest BCUT2D eigenvalue weighted by atomic mass is 19.1. The number of halogens is 1. The number of anilines is 1. The lowest BCUT2D eigenvalue weighted by Gasteiger charge is -2.13. The van der Waals surface area contributed by atoms with Crippen molar-refractivity contribution in [3.63, 3.8) is 0 Å². The van der Waals surface area contributed by atoms with Gasteiger partial charge in [-0.25, -0.2) is 9.37 Å².